The lowest BCUT2D eigenvalue weighted by molar-refractivity contribution is 0.0698. The van der Waals surface area contributed by atoms with E-state index in [2.05, 4.69) is 5.32 Å². The zero-order valence-corrected chi connectivity index (χ0v) is 11.9. The Morgan fingerprint density at radius 1 is 1.05 bits per heavy atom. The molecule has 20 heavy (non-hydrogen) atoms. The number of furan rings is 1. The molecule has 0 aliphatic carbocycles. The van der Waals surface area contributed by atoms with Crippen molar-refractivity contribution in [2.75, 3.05) is 5.32 Å². The van der Waals surface area contributed by atoms with Crippen LogP contribution in [0.25, 0.3) is 0 Å². The fraction of sp³-hybridized carbons (Fsp3) is 0. The van der Waals surface area contributed by atoms with Crippen LogP contribution in [-0.4, -0.2) is 17.0 Å². The number of anilines is 1. The molecule has 0 aliphatic heterocycles. The minimum Gasteiger partial charge on any atom is -0.478 e. The number of aromatic carboxylic acids is 1. The van der Waals surface area contributed by atoms with E-state index >= 15 is 0 Å². The van der Waals surface area contributed by atoms with Gasteiger partial charge in [0.2, 0.25) is 0 Å². The third-order valence-corrected chi connectivity index (χ3v) is 3.19. The van der Waals surface area contributed by atoms with Gasteiger partial charge in [0, 0.05) is 0 Å². The molecule has 0 spiro atoms. The Hall–Kier alpha value is -1.69. The minimum atomic E-state index is -1.31. The molecule has 0 bridgehead atoms. The number of carboxylic acids is 1. The van der Waals surface area contributed by atoms with Crippen molar-refractivity contribution < 1.29 is 19.1 Å². The SMILES string of the molecule is O=C(Nc1c(Cl)ccc(Cl)c1C(=O)O)c1ccc(Cl)o1. The third-order valence-electron chi connectivity index (χ3n) is 2.35. The van der Waals surface area contributed by atoms with Gasteiger partial charge in [0.1, 0.15) is 5.56 Å². The quantitative estimate of drug-likeness (QED) is 0.882. The molecule has 0 radical (unpaired) electrons. The summed E-state index contributed by atoms with van der Waals surface area (Å²) in [7, 11) is 0. The zero-order chi connectivity index (χ0) is 14.9. The third kappa shape index (κ3) is 2.90. The van der Waals surface area contributed by atoms with E-state index in [9.17, 15) is 9.59 Å². The van der Waals surface area contributed by atoms with Crippen LogP contribution < -0.4 is 5.32 Å². The molecule has 1 amide bonds. The van der Waals surface area contributed by atoms with Crippen molar-refractivity contribution in [1.29, 1.82) is 0 Å². The highest BCUT2D eigenvalue weighted by Crippen LogP contribution is 2.32. The van der Waals surface area contributed by atoms with Gasteiger partial charge in [-0.25, -0.2) is 4.79 Å². The highest BCUT2D eigenvalue weighted by molar-refractivity contribution is 6.38. The van der Waals surface area contributed by atoms with Crippen molar-refractivity contribution >= 4 is 52.4 Å². The van der Waals surface area contributed by atoms with Crippen molar-refractivity contribution in [3.63, 3.8) is 0 Å². The first-order valence-electron chi connectivity index (χ1n) is 5.18. The summed E-state index contributed by atoms with van der Waals surface area (Å²) in [4.78, 5) is 23.1. The summed E-state index contributed by atoms with van der Waals surface area (Å²) in [6.07, 6.45) is 0. The molecule has 0 aliphatic rings. The number of halogens is 3. The van der Waals surface area contributed by atoms with E-state index in [1.807, 2.05) is 0 Å². The van der Waals surface area contributed by atoms with E-state index in [0.29, 0.717) is 0 Å². The number of carbonyl (C=O) groups excluding carboxylic acids is 1. The Kier molecular flexibility index (Phi) is 4.23. The second-order valence-corrected chi connectivity index (χ2v) is 4.83. The summed E-state index contributed by atoms with van der Waals surface area (Å²) in [5.41, 5.74) is -0.408. The van der Waals surface area contributed by atoms with E-state index < -0.39 is 11.9 Å². The normalized spacial score (nSPS) is 10.3. The van der Waals surface area contributed by atoms with Crippen LogP contribution >= 0.6 is 34.8 Å². The van der Waals surface area contributed by atoms with Gasteiger partial charge in [-0.3, -0.25) is 4.79 Å². The fourth-order valence-corrected chi connectivity index (χ4v) is 2.08. The zero-order valence-electron chi connectivity index (χ0n) is 9.62. The van der Waals surface area contributed by atoms with Crippen LogP contribution in [0, 0.1) is 0 Å². The number of benzene rings is 1. The maximum absolute atomic E-state index is 11.9. The number of amides is 1. The number of carboxylic acid groups (broad SMARTS) is 1. The molecule has 0 fully saturated rings. The molecule has 2 N–H and O–H groups in total. The lowest BCUT2D eigenvalue weighted by Crippen LogP contribution is -2.15. The average molecular weight is 335 g/mol. The number of nitrogens with one attached hydrogen (secondary N) is 1. The first-order chi connectivity index (χ1) is 9.40. The summed E-state index contributed by atoms with van der Waals surface area (Å²) < 4.78 is 4.92. The van der Waals surface area contributed by atoms with Crippen LogP contribution in [-0.2, 0) is 0 Å². The molecule has 0 saturated carbocycles. The van der Waals surface area contributed by atoms with Gasteiger partial charge in [-0.05, 0) is 35.9 Å². The molecule has 0 atom stereocenters. The molecular weight excluding hydrogens is 328 g/mol. The molecule has 1 heterocycles. The van der Waals surface area contributed by atoms with Gasteiger partial charge in [-0.15, -0.1) is 0 Å². The van der Waals surface area contributed by atoms with Gasteiger partial charge in [0.15, 0.2) is 11.0 Å². The Balaban J connectivity index is 2.41. The van der Waals surface area contributed by atoms with Crippen LogP contribution in [0.3, 0.4) is 0 Å². The second kappa shape index (κ2) is 5.75. The number of hydrogen-bond donors (Lipinski definition) is 2. The van der Waals surface area contributed by atoms with Gasteiger partial charge in [0.25, 0.3) is 5.91 Å². The average Bonchev–Trinajstić information content (AvgIpc) is 2.80. The Morgan fingerprint density at radius 2 is 1.70 bits per heavy atom. The number of carbonyl (C=O) groups is 2. The standard InChI is InChI=1S/C12H6Cl3NO4/c13-5-1-2-6(14)10(9(5)12(18)19)16-11(17)7-3-4-8(15)20-7/h1-4H,(H,16,17)(H,18,19). The molecule has 2 rings (SSSR count). The van der Waals surface area contributed by atoms with Crippen molar-refractivity contribution in [1.82, 2.24) is 0 Å². The van der Waals surface area contributed by atoms with Gasteiger partial charge < -0.3 is 14.8 Å². The Labute approximate surface area is 128 Å². The van der Waals surface area contributed by atoms with Crippen molar-refractivity contribution in [3.05, 3.63) is 50.9 Å². The molecular formula is C12H6Cl3NO4. The summed E-state index contributed by atoms with van der Waals surface area (Å²) >= 11 is 17.2. The molecule has 8 heteroatoms. The van der Waals surface area contributed by atoms with Crippen LogP contribution in [0.2, 0.25) is 15.3 Å². The highest BCUT2D eigenvalue weighted by atomic mass is 35.5. The highest BCUT2D eigenvalue weighted by Gasteiger charge is 2.21. The van der Waals surface area contributed by atoms with E-state index in [4.69, 9.17) is 44.3 Å². The van der Waals surface area contributed by atoms with Gasteiger partial charge in [-0.2, -0.15) is 0 Å². The lowest BCUT2D eigenvalue weighted by Gasteiger charge is -2.10. The molecule has 104 valence electrons. The van der Waals surface area contributed by atoms with Gasteiger partial charge in [-0.1, -0.05) is 23.2 Å². The number of rotatable bonds is 3. The minimum absolute atomic E-state index is 0.0331. The van der Waals surface area contributed by atoms with E-state index in [1.165, 1.54) is 24.3 Å². The van der Waals surface area contributed by atoms with Crippen LogP contribution in [0.4, 0.5) is 5.69 Å². The molecule has 5 nitrogen and oxygen atoms in total. The molecule has 1 aromatic carbocycles. The monoisotopic (exact) mass is 333 g/mol. The van der Waals surface area contributed by atoms with E-state index in [-0.39, 0.29) is 32.3 Å². The van der Waals surface area contributed by atoms with Gasteiger partial charge in [0.05, 0.1) is 15.7 Å². The fourth-order valence-electron chi connectivity index (χ4n) is 1.49. The Bertz CT molecular complexity index is 696. The summed E-state index contributed by atoms with van der Waals surface area (Å²) in [5, 5.41) is 11.5. The van der Waals surface area contributed by atoms with Crippen molar-refractivity contribution in [2.45, 2.75) is 0 Å². The summed E-state index contributed by atoms with van der Waals surface area (Å²) in [6.45, 7) is 0. The van der Waals surface area contributed by atoms with Crippen LogP contribution in [0.5, 0.6) is 0 Å². The van der Waals surface area contributed by atoms with Crippen molar-refractivity contribution in [2.24, 2.45) is 0 Å². The largest absolute Gasteiger partial charge is 0.478 e. The predicted octanol–water partition coefficient (Wildman–Crippen LogP) is 4.19. The predicted molar refractivity (Wildman–Crippen MR) is 75.1 cm³/mol. The van der Waals surface area contributed by atoms with Gasteiger partial charge >= 0.3 is 5.97 Å². The van der Waals surface area contributed by atoms with E-state index in [0.717, 1.165) is 0 Å². The molecule has 0 saturated heterocycles. The molecule has 2 aromatic rings. The first-order valence-corrected chi connectivity index (χ1v) is 6.31. The second-order valence-electron chi connectivity index (χ2n) is 3.64. The van der Waals surface area contributed by atoms with Crippen molar-refractivity contribution in [3.8, 4) is 0 Å². The van der Waals surface area contributed by atoms with Crippen LogP contribution in [0.1, 0.15) is 20.9 Å². The summed E-state index contributed by atoms with van der Waals surface area (Å²) in [6, 6.07) is 5.43. The topological polar surface area (TPSA) is 79.5 Å². The lowest BCUT2D eigenvalue weighted by atomic mass is 10.1. The molecule has 0 unspecified atom stereocenters. The Morgan fingerprint density at radius 3 is 2.25 bits per heavy atom. The number of hydrogen-bond acceptors (Lipinski definition) is 3. The molecule has 1 aromatic heterocycles. The van der Waals surface area contributed by atoms with E-state index in [1.54, 1.807) is 0 Å². The summed E-state index contributed by atoms with van der Waals surface area (Å²) in [5.74, 6) is -2.09. The van der Waals surface area contributed by atoms with Crippen LogP contribution in [0.15, 0.2) is 28.7 Å². The smallest absolute Gasteiger partial charge is 0.339 e. The maximum Gasteiger partial charge on any atom is 0.339 e. The first kappa shape index (κ1) is 14.7. The maximum atomic E-state index is 11.9.